The highest BCUT2D eigenvalue weighted by Gasteiger charge is 2.55. The van der Waals surface area contributed by atoms with Crippen molar-refractivity contribution in [3.05, 3.63) is 23.3 Å². The Bertz CT molecular complexity index is 2060. The lowest BCUT2D eigenvalue weighted by molar-refractivity contribution is -0.371. The predicted molar refractivity (Wildman–Crippen MR) is 288 cm³/mol. The molecular formula is C56H96O29. The zero-order chi connectivity index (χ0) is 62.7. The number of allylic oxidation sites excluding steroid dienone is 3. The van der Waals surface area contributed by atoms with E-state index < -0.39 is 216 Å². The molecule has 6 aliphatic rings. The molecule has 29 heteroatoms. The summed E-state index contributed by atoms with van der Waals surface area (Å²) in [6.45, 7) is 10.9. The van der Waals surface area contributed by atoms with Gasteiger partial charge in [0.15, 0.2) is 31.3 Å². The van der Waals surface area contributed by atoms with Gasteiger partial charge in [0.25, 0.3) is 0 Å². The standard InChI is InChI=1S/C56H96O29/c1-23(12-9-13-24(2)16-11-17-73-55-51(84-53-46(71)44(69)37(62)28(6)79-53)49(40(65)31(18-57)82-55)74-21-33-38(63)42(67)35(60)26(4)77-33)14-10-15-25(3)20-76-56-52(85-54-47(72)45(70)48(29(7)80-54)81-30(8)59)50(41(66)32(19-58)83-56)75-22-34-39(64)43(68)36(61)27(5)78-34/h12,16,25-29,31-58,60-72H,9-11,13-15,17-22H2,1-8H3/b23-12+,24-16+/t25?,26-,27-,28-,29-,31+,32+,33-,34-,35-,36-,37-,38-,39-,40+,41+,42+,43+,44+,45-,46+,47+,48-,49-,50-,51+,52+,53-,54-,55+,56+/m0/s1. The monoisotopic (exact) mass is 1230 g/mol. The first kappa shape index (κ1) is 71.9. The third kappa shape index (κ3) is 18.5. The second-order valence-electron chi connectivity index (χ2n) is 23.5. The van der Waals surface area contributed by atoms with Gasteiger partial charge in [0.1, 0.15) is 128 Å². The SMILES string of the molecule is CC(=O)O[C@@H]1[C@@H](O)[C@@H](O)[C@H](O[C@H]2[C@H](OCC(C)CCC/C(C)=C/CC/C(C)=C/CCO[C@@H]3O[C@H](CO)[C@@H](O)[C@H](OC[C@@H]4O[C@@H](C)[C@H](O)[C@@H](O)[C@H]4O)[C@H]3O[C@@H]3O[C@@H](C)[C@H](O)[C@@H](O)[C@H]3O)O[C@H](CO)[C@@H](O)[C@@H]2OC[C@@H]2O[C@@H](C)[C@H](O)[C@@H](O)[C@H]2O)O[C@H]1C. The Kier molecular flexibility index (Phi) is 28.2. The minimum absolute atomic E-state index is 0.0374. The van der Waals surface area contributed by atoms with Crippen LogP contribution in [0.15, 0.2) is 23.3 Å². The van der Waals surface area contributed by atoms with Gasteiger partial charge in [-0.1, -0.05) is 30.2 Å². The number of rotatable bonds is 27. The molecule has 0 aromatic heterocycles. The van der Waals surface area contributed by atoms with E-state index in [1.165, 1.54) is 27.7 Å². The summed E-state index contributed by atoms with van der Waals surface area (Å²) in [5, 5.41) is 160. The van der Waals surface area contributed by atoms with E-state index in [2.05, 4.69) is 6.08 Å². The summed E-state index contributed by atoms with van der Waals surface area (Å²) in [6.07, 6.45) is -34.0. The topological polar surface area (TPSA) is 441 Å². The van der Waals surface area contributed by atoms with Crippen molar-refractivity contribution in [1.29, 1.82) is 0 Å². The number of carbonyl (C=O) groups is 1. The Morgan fingerprint density at radius 2 is 0.871 bits per heavy atom. The van der Waals surface area contributed by atoms with Crippen molar-refractivity contribution >= 4 is 5.97 Å². The van der Waals surface area contributed by atoms with Gasteiger partial charge < -0.3 is 138 Å². The van der Waals surface area contributed by atoms with Gasteiger partial charge in [0, 0.05) is 6.92 Å². The molecule has 0 radical (unpaired) electrons. The molecular weight excluding hydrogens is 1140 g/mol. The van der Waals surface area contributed by atoms with Crippen LogP contribution in [-0.4, -0.2) is 306 Å². The lowest BCUT2D eigenvalue weighted by Crippen LogP contribution is -2.65. The summed E-state index contributed by atoms with van der Waals surface area (Å²) in [4.78, 5) is 11.8. The van der Waals surface area contributed by atoms with Crippen molar-refractivity contribution in [2.24, 2.45) is 5.92 Å². The summed E-state index contributed by atoms with van der Waals surface area (Å²) in [7, 11) is 0. The van der Waals surface area contributed by atoms with Crippen LogP contribution in [0.3, 0.4) is 0 Å². The Balaban J connectivity index is 1.02. The number of hydrogen-bond donors (Lipinski definition) is 15. The van der Waals surface area contributed by atoms with Crippen LogP contribution >= 0.6 is 0 Å². The fourth-order valence-corrected chi connectivity index (χ4v) is 11.2. The normalized spacial score (nSPS) is 45.4. The zero-order valence-corrected chi connectivity index (χ0v) is 49.5. The van der Waals surface area contributed by atoms with E-state index in [4.69, 9.17) is 61.6 Å². The highest BCUT2D eigenvalue weighted by molar-refractivity contribution is 5.66. The minimum atomic E-state index is -1.79. The number of carbonyl (C=O) groups excluding carboxylic acids is 1. The summed E-state index contributed by atoms with van der Waals surface area (Å²) < 4.78 is 77.0. The van der Waals surface area contributed by atoms with Gasteiger partial charge in [-0.15, -0.1) is 0 Å². The number of ether oxygens (including phenoxy) is 13. The van der Waals surface area contributed by atoms with Crippen LogP contribution in [0.5, 0.6) is 0 Å². The summed E-state index contributed by atoms with van der Waals surface area (Å²) in [5.74, 6) is -0.804. The molecule has 6 rings (SSSR count). The van der Waals surface area contributed by atoms with Crippen LogP contribution in [0, 0.1) is 5.92 Å². The molecule has 29 nitrogen and oxygen atoms in total. The molecule has 0 bridgehead atoms. The van der Waals surface area contributed by atoms with Crippen LogP contribution < -0.4 is 0 Å². The maximum Gasteiger partial charge on any atom is 0.303 e. The van der Waals surface area contributed by atoms with Crippen LogP contribution in [0.2, 0.25) is 0 Å². The van der Waals surface area contributed by atoms with Crippen molar-refractivity contribution in [3.8, 4) is 0 Å². The molecule has 6 saturated heterocycles. The number of aliphatic hydroxyl groups is 15. The third-order valence-corrected chi connectivity index (χ3v) is 16.6. The maximum atomic E-state index is 11.8. The quantitative estimate of drug-likeness (QED) is 0.0210. The van der Waals surface area contributed by atoms with E-state index in [1.807, 2.05) is 26.8 Å². The second kappa shape index (κ2) is 33.3. The summed E-state index contributed by atoms with van der Waals surface area (Å²) in [5.41, 5.74) is 2.18. The molecule has 6 aliphatic heterocycles. The highest BCUT2D eigenvalue weighted by Crippen LogP contribution is 2.36. The smallest absolute Gasteiger partial charge is 0.303 e. The lowest BCUT2D eigenvalue weighted by Gasteiger charge is -2.48. The average Bonchev–Trinajstić information content (AvgIpc) is 3.56. The van der Waals surface area contributed by atoms with Gasteiger partial charge in [-0.25, -0.2) is 0 Å². The molecule has 0 spiro atoms. The van der Waals surface area contributed by atoms with Crippen molar-refractivity contribution < 1.29 is 143 Å². The summed E-state index contributed by atoms with van der Waals surface area (Å²) >= 11 is 0. The fourth-order valence-electron chi connectivity index (χ4n) is 11.2. The Labute approximate surface area is 494 Å². The molecule has 494 valence electrons. The molecule has 0 saturated carbocycles. The van der Waals surface area contributed by atoms with Gasteiger partial charge in [0.05, 0.1) is 64.1 Å². The lowest BCUT2D eigenvalue weighted by atomic mass is 9.95. The Morgan fingerprint density at radius 3 is 1.36 bits per heavy atom. The van der Waals surface area contributed by atoms with E-state index in [0.29, 0.717) is 19.3 Å². The Morgan fingerprint density at radius 1 is 0.435 bits per heavy atom. The predicted octanol–water partition coefficient (Wildman–Crippen LogP) is -4.45. The van der Waals surface area contributed by atoms with Crippen molar-refractivity contribution in [2.75, 3.05) is 39.6 Å². The average molecular weight is 1230 g/mol. The molecule has 0 aromatic rings. The van der Waals surface area contributed by atoms with Crippen molar-refractivity contribution in [2.45, 2.75) is 278 Å². The summed E-state index contributed by atoms with van der Waals surface area (Å²) in [6, 6.07) is 0. The molecule has 31 atom stereocenters. The molecule has 0 aromatic carbocycles. The van der Waals surface area contributed by atoms with Crippen LogP contribution in [0.1, 0.15) is 93.9 Å². The van der Waals surface area contributed by atoms with E-state index in [9.17, 15) is 81.4 Å². The van der Waals surface area contributed by atoms with Gasteiger partial charge in [-0.3, -0.25) is 4.79 Å². The van der Waals surface area contributed by atoms with Gasteiger partial charge in [0.2, 0.25) is 0 Å². The molecule has 6 fully saturated rings. The van der Waals surface area contributed by atoms with E-state index in [0.717, 1.165) is 37.3 Å². The first-order chi connectivity index (χ1) is 40.2. The van der Waals surface area contributed by atoms with Crippen LogP contribution in [-0.2, 0) is 66.4 Å². The van der Waals surface area contributed by atoms with E-state index in [1.54, 1.807) is 0 Å². The van der Waals surface area contributed by atoms with E-state index >= 15 is 0 Å². The zero-order valence-electron chi connectivity index (χ0n) is 49.5. The first-order valence-corrected chi connectivity index (χ1v) is 29.4. The number of hydrogen-bond acceptors (Lipinski definition) is 29. The molecule has 1 unspecified atom stereocenters. The highest BCUT2D eigenvalue weighted by atomic mass is 16.8. The van der Waals surface area contributed by atoms with Gasteiger partial charge >= 0.3 is 5.97 Å². The van der Waals surface area contributed by atoms with Crippen molar-refractivity contribution in [3.63, 3.8) is 0 Å². The molecule has 0 aliphatic carbocycles. The minimum Gasteiger partial charge on any atom is -0.457 e. The largest absolute Gasteiger partial charge is 0.457 e. The van der Waals surface area contributed by atoms with Crippen LogP contribution in [0.25, 0.3) is 0 Å². The van der Waals surface area contributed by atoms with Crippen molar-refractivity contribution in [1.82, 2.24) is 0 Å². The van der Waals surface area contributed by atoms with Gasteiger partial charge in [-0.05, 0) is 86.0 Å². The maximum absolute atomic E-state index is 11.8. The molecule has 85 heavy (non-hydrogen) atoms. The first-order valence-electron chi connectivity index (χ1n) is 29.4. The van der Waals surface area contributed by atoms with Crippen LogP contribution in [0.4, 0.5) is 0 Å². The van der Waals surface area contributed by atoms with Gasteiger partial charge in [-0.2, -0.15) is 0 Å². The second-order valence-corrected chi connectivity index (χ2v) is 23.5. The number of esters is 1. The molecule has 0 amide bonds. The van der Waals surface area contributed by atoms with E-state index in [-0.39, 0.29) is 19.1 Å². The number of aliphatic hydroxyl groups excluding tert-OH is 15. The third-order valence-electron chi connectivity index (χ3n) is 16.6. The molecule has 6 heterocycles. The fraction of sp³-hybridized carbons (Fsp3) is 0.911. The molecule has 15 N–H and O–H groups in total. The Hall–Kier alpha value is -2.13.